The summed E-state index contributed by atoms with van der Waals surface area (Å²) in [6, 6.07) is 5.20. The number of nitrogens with one attached hydrogen (secondary N) is 1. The van der Waals surface area contributed by atoms with Crippen molar-refractivity contribution in [1.29, 1.82) is 0 Å². The largest absolute Gasteiger partial charge is 0.377 e. The summed E-state index contributed by atoms with van der Waals surface area (Å²) >= 11 is 0. The highest BCUT2D eigenvalue weighted by Crippen LogP contribution is 2.32. The Hall–Kier alpha value is -0.930. The van der Waals surface area contributed by atoms with E-state index in [0.29, 0.717) is 12.2 Å². The van der Waals surface area contributed by atoms with E-state index in [2.05, 4.69) is 5.32 Å². The van der Waals surface area contributed by atoms with E-state index in [-0.39, 0.29) is 5.82 Å². The van der Waals surface area contributed by atoms with Gasteiger partial charge in [-0.05, 0) is 37.1 Å². The zero-order valence-electron chi connectivity index (χ0n) is 10.3. The molecule has 2 rings (SSSR count). The molecule has 1 N–H and O–H groups in total. The fraction of sp³-hybridized carbons (Fsp3) is 0.571. The highest BCUT2D eigenvalue weighted by molar-refractivity contribution is 5.24. The molecule has 0 unspecified atom stereocenters. The molecule has 0 aliphatic heterocycles. The van der Waals surface area contributed by atoms with Gasteiger partial charge in [0.25, 0.3) is 0 Å². The molecule has 1 saturated carbocycles. The maximum atomic E-state index is 13.5. The van der Waals surface area contributed by atoms with Crippen molar-refractivity contribution in [3.05, 3.63) is 35.1 Å². The molecule has 17 heavy (non-hydrogen) atoms. The SMILES string of the molecule is CNCc1ccc(F)c(COCCC2CC2)c1. The van der Waals surface area contributed by atoms with Gasteiger partial charge in [-0.3, -0.25) is 0 Å². The van der Waals surface area contributed by atoms with Gasteiger partial charge in [-0.1, -0.05) is 18.9 Å². The zero-order valence-corrected chi connectivity index (χ0v) is 10.3. The van der Waals surface area contributed by atoms with Crippen molar-refractivity contribution in [2.75, 3.05) is 13.7 Å². The third kappa shape index (κ3) is 4.10. The second-order valence-corrected chi connectivity index (χ2v) is 4.74. The first-order chi connectivity index (χ1) is 8.29. The van der Waals surface area contributed by atoms with Crippen molar-refractivity contribution in [2.24, 2.45) is 5.92 Å². The zero-order chi connectivity index (χ0) is 12.1. The van der Waals surface area contributed by atoms with Gasteiger partial charge < -0.3 is 10.1 Å². The molecule has 0 atom stereocenters. The molecule has 0 spiro atoms. The Bertz CT molecular complexity index is 363. The molecule has 2 nitrogen and oxygen atoms in total. The van der Waals surface area contributed by atoms with Crippen LogP contribution in [0.2, 0.25) is 0 Å². The van der Waals surface area contributed by atoms with Gasteiger partial charge >= 0.3 is 0 Å². The van der Waals surface area contributed by atoms with E-state index in [1.807, 2.05) is 13.1 Å². The van der Waals surface area contributed by atoms with E-state index in [0.717, 1.165) is 31.1 Å². The minimum absolute atomic E-state index is 0.170. The van der Waals surface area contributed by atoms with Gasteiger partial charge in [-0.2, -0.15) is 0 Å². The van der Waals surface area contributed by atoms with Crippen LogP contribution in [-0.4, -0.2) is 13.7 Å². The summed E-state index contributed by atoms with van der Waals surface area (Å²) in [6.45, 7) is 1.89. The number of halogens is 1. The average molecular weight is 237 g/mol. The third-order valence-electron chi connectivity index (χ3n) is 3.12. The highest BCUT2D eigenvalue weighted by atomic mass is 19.1. The molecule has 1 aliphatic rings. The van der Waals surface area contributed by atoms with Crippen molar-refractivity contribution in [1.82, 2.24) is 5.32 Å². The number of benzene rings is 1. The van der Waals surface area contributed by atoms with Crippen LogP contribution in [0.5, 0.6) is 0 Å². The molecule has 0 heterocycles. The lowest BCUT2D eigenvalue weighted by Gasteiger charge is -2.07. The van der Waals surface area contributed by atoms with E-state index in [1.54, 1.807) is 6.07 Å². The van der Waals surface area contributed by atoms with Crippen LogP contribution in [0.1, 0.15) is 30.4 Å². The molecule has 1 aromatic rings. The second-order valence-electron chi connectivity index (χ2n) is 4.74. The lowest BCUT2D eigenvalue weighted by molar-refractivity contribution is 0.113. The first-order valence-corrected chi connectivity index (χ1v) is 6.29. The van der Waals surface area contributed by atoms with Gasteiger partial charge in [0.2, 0.25) is 0 Å². The molecule has 0 saturated heterocycles. The summed E-state index contributed by atoms with van der Waals surface area (Å²) in [4.78, 5) is 0. The molecule has 1 aromatic carbocycles. The predicted molar refractivity (Wildman–Crippen MR) is 66.2 cm³/mol. The number of ether oxygens (including phenoxy) is 1. The van der Waals surface area contributed by atoms with E-state index in [9.17, 15) is 4.39 Å². The Morgan fingerprint density at radius 1 is 1.41 bits per heavy atom. The van der Waals surface area contributed by atoms with Gasteiger partial charge in [-0.25, -0.2) is 4.39 Å². The molecule has 1 aliphatic carbocycles. The lowest BCUT2D eigenvalue weighted by Crippen LogP contribution is -2.06. The summed E-state index contributed by atoms with van der Waals surface area (Å²) in [6.07, 6.45) is 3.81. The van der Waals surface area contributed by atoms with Gasteiger partial charge in [-0.15, -0.1) is 0 Å². The fourth-order valence-corrected chi connectivity index (χ4v) is 1.89. The van der Waals surface area contributed by atoms with Gasteiger partial charge in [0, 0.05) is 18.7 Å². The highest BCUT2D eigenvalue weighted by Gasteiger charge is 2.20. The third-order valence-corrected chi connectivity index (χ3v) is 3.12. The maximum Gasteiger partial charge on any atom is 0.128 e. The van der Waals surface area contributed by atoms with Gasteiger partial charge in [0.05, 0.1) is 6.61 Å². The second kappa shape index (κ2) is 6.12. The number of hydrogen-bond donors (Lipinski definition) is 1. The molecule has 94 valence electrons. The van der Waals surface area contributed by atoms with Crippen LogP contribution >= 0.6 is 0 Å². The van der Waals surface area contributed by atoms with E-state index < -0.39 is 0 Å². The van der Waals surface area contributed by atoms with Crippen LogP contribution in [0.3, 0.4) is 0 Å². The Kier molecular flexibility index (Phi) is 4.51. The van der Waals surface area contributed by atoms with Gasteiger partial charge in [0.15, 0.2) is 0 Å². The monoisotopic (exact) mass is 237 g/mol. The van der Waals surface area contributed by atoms with E-state index >= 15 is 0 Å². The minimum atomic E-state index is -0.170. The van der Waals surface area contributed by atoms with Crippen molar-refractivity contribution in [3.63, 3.8) is 0 Å². The standard InChI is InChI=1S/C14H20FNO/c1-16-9-12-4-5-14(15)13(8-12)10-17-7-6-11-2-3-11/h4-5,8,11,16H,2-3,6-7,9-10H2,1H3. The van der Waals surface area contributed by atoms with Crippen molar-refractivity contribution < 1.29 is 9.13 Å². The summed E-state index contributed by atoms with van der Waals surface area (Å²) < 4.78 is 19.0. The Labute approximate surface area is 102 Å². The Morgan fingerprint density at radius 3 is 2.94 bits per heavy atom. The van der Waals surface area contributed by atoms with Crippen molar-refractivity contribution in [2.45, 2.75) is 32.4 Å². The van der Waals surface area contributed by atoms with Crippen molar-refractivity contribution in [3.8, 4) is 0 Å². The van der Waals surface area contributed by atoms with Crippen LogP contribution in [0.15, 0.2) is 18.2 Å². The Balaban J connectivity index is 1.81. The van der Waals surface area contributed by atoms with Crippen LogP contribution in [0.4, 0.5) is 4.39 Å². The first-order valence-electron chi connectivity index (χ1n) is 6.29. The van der Waals surface area contributed by atoms with Crippen molar-refractivity contribution >= 4 is 0 Å². The van der Waals surface area contributed by atoms with Crippen LogP contribution < -0.4 is 5.32 Å². The molecular formula is C14H20FNO. The molecule has 0 aromatic heterocycles. The van der Waals surface area contributed by atoms with Gasteiger partial charge in [0.1, 0.15) is 5.82 Å². The molecule has 0 bridgehead atoms. The maximum absolute atomic E-state index is 13.5. The summed E-state index contributed by atoms with van der Waals surface area (Å²) in [5.74, 6) is 0.701. The quantitative estimate of drug-likeness (QED) is 0.736. The smallest absolute Gasteiger partial charge is 0.128 e. The summed E-state index contributed by atoms with van der Waals surface area (Å²) in [5, 5.41) is 3.06. The molecular weight excluding hydrogens is 217 g/mol. The lowest BCUT2D eigenvalue weighted by atomic mass is 10.1. The topological polar surface area (TPSA) is 21.3 Å². The molecule has 3 heteroatoms. The number of rotatable bonds is 7. The molecule has 0 amide bonds. The average Bonchev–Trinajstić information content (AvgIpc) is 3.13. The summed E-state index contributed by atoms with van der Waals surface area (Å²) in [7, 11) is 1.88. The van der Waals surface area contributed by atoms with E-state index in [4.69, 9.17) is 4.74 Å². The molecule has 0 radical (unpaired) electrons. The minimum Gasteiger partial charge on any atom is -0.377 e. The van der Waals surface area contributed by atoms with Crippen LogP contribution in [0.25, 0.3) is 0 Å². The Morgan fingerprint density at radius 2 is 2.24 bits per heavy atom. The van der Waals surface area contributed by atoms with Crippen LogP contribution in [-0.2, 0) is 17.9 Å². The fourth-order valence-electron chi connectivity index (χ4n) is 1.89. The first kappa shape index (κ1) is 12.5. The normalized spacial score (nSPS) is 15.2. The van der Waals surface area contributed by atoms with Crippen LogP contribution in [0, 0.1) is 11.7 Å². The summed E-state index contributed by atoms with van der Waals surface area (Å²) in [5.41, 5.74) is 1.75. The van der Waals surface area contributed by atoms with E-state index in [1.165, 1.54) is 18.9 Å². The number of hydrogen-bond acceptors (Lipinski definition) is 2. The molecule has 1 fully saturated rings. The predicted octanol–water partition coefficient (Wildman–Crippen LogP) is 2.86.